The molecular formula is C19H16BrN3O3. The van der Waals surface area contributed by atoms with Gasteiger partial charge in [0, 0.05) is 29.3 Å². The molecule has 132 valence electrons. The van der Waals surface area contributed by atoms with Crippen molar-refractivity contribution in [2.24, 2.45) is 0 Å². The van der Waals surface area contributed by atoms with Gasteiger partial charge in [0.15, 0.2) is 12.2 Å². The number of non-ortho nitro benzene ring substituents is 1. The molecule has 0 atom stereocenters. The van der Waals surface area contributed by atoms with Gasteiger partial charge in [-0.15, -0.1) is 0 Å². The van der Waals surface area contributed by atoms with E-state index in [9.17, 15) is 14.9 Å². The molecule has 1 aromatic heterocycles. The molecule has 0 fully saturated rings. The van der Waals surface area contributed by atoms with E-state index < -0.39 is 4.92 Å². The summed E-state index contributed by atoms with van der Waals surface area (Å²) >= 11 is 0. The van der Waals surface area contributed by atoms with Crippen LogP contribution in [0.15, 0.2) is 67.1 Å². The zero-order valence-electron chi connectivity index (χ0n) is 14.0. The van der Waals surface area contributed by atoms with Crippen LogP contribution in [0.3, 0.4) is 0 Å². The predicted molar refractivity (Wildman–Crippen MR) is 92.0 cm³/mol. The molecule has 7 heteroatoms. The minimum Gasteiger partial charge on any atom is -1.00 e. The summed E-state index contributed by atoms with van der Waals surface area (Å²) < 4.78 is 1.68. The first kappa shape index (κ1) is 19.4. The summed E-state index contributed by atoms with van der Waals surface area (Å²) in [6, 6.07) is 15.5. The highest BCUT2D eigenvalue weighted by molar-refractivity contribution is 5.95. The molecule has 2 aromatic carbocycles. The second kappa shape index (κ2) is 8.44. The molecule has 0 spiro atoms. The molecule has 0 saturated carbocycles. The number of hydrogen-bond donors (Lipinski definition) is 0. The van der Waals surface area contributed by atoms with Crippen LogP contribution < -0.4 is 21.5 Å². The fourth-order valence-corrected chi connectivity index (χ4v) is 2.48. The van der Waals surface area contributed by atoms with E-state index in [0.717, 1.165) is 16.8 Å². The summed E-state index contributed by atoms with van der Waals surface area (Å²) in [4.78, 5) is 26.8. The fraction of sp³-hybridized carbons (Fsp3) is 0.105. The fourth-order valence-electron chi connectivity index (χ4n) is 2.48. The van der Waals surface area contributed by atoms with Crippen molar-refractivity contribution in [1.82, 2.24) is 4.98 Å². The molecule has 0 bridgehead atoms. The minimum atomic E-state index is -0.489. The lowest BCUT2D eigenvalue weighted by molar-refractivity contribution is -0.686. The van der Waals surface area contributed by atoms with Crippen LogP contribution >= 0.6 is 0 Å². The van der Waals surface area contributed by atoms with Gasteiger partial charge in [0.25, 0.3) is 12.0 Å². The molecule has 0 radical (unpaired) electrons. The van der Waals surface area contributed by atoms with E-state index in [1.165, 1.54) is 24.3 Å². The number of ketones is 1. The number of aromatic nitrogens is 2. The topological polar surface area (TPSA) is 77.0 Å². The van der Waals surface area contributed by atoms with E-state index in [1.807, 2.05) is 31.2 Å². The zero-order chi connectivity index (χ0) is 17.8. The van der Waals surface area contributed by atoms with Crippen LogP contribution in [-0.2, 0) is 6.54 Å². The summed E-state index contributed by atoms with van der Waals surface area (Å²) in [5.74, 6) is -0.134. The van der Waals surface area contributed by atoms with E-state index in [1.54, 1.807) is 17.1 Å². The second-order valence-corrected chi connectivity index (χ2v) is 5.71. The van der Waals surface area contributed by atoms with Gasteiger partial charge in [-0.2, -0.15) is 0 Å². The van der Waals surface area contributed by atoms with Gasteiger partial charge in [-0.1, -0.05) is 23.8 Å². The molecule has 3 rings (SSSR count). The maximum Gasteiger partial charge on any atom is 0.287 e. The Kier molecular flexibility index (Phi) is 6.30. The van der Waals surface area contributed by atoms with Crippen LogP contribution in [0.2, 0.25) is 0 Å². The van der Waals surface area contributed by atoms with Gasteiger partial charge in [-0.3, -0.25) is 14.9 Å². The van der Waals surface area contributed by atoms with Crippen LogP contribution in [0.4, 0.5) is 5.69 Å². The Labute approximate surface area is 161 Å². The number of nitrogens with zero attached hydrogens (tertiary/aromatic N) is 3. The van der Waals surface area contributed by atoms with Gasteiger partial charge >= 0.3 is 0 Å². The van der Waals surface area contributed by atoms with Crippen LogP contribution in [0.1, 0.15) is 15.9 Å². The van der Waals surface area contributed by atoms with Crippen molar-refractivity contribution in [2.45, 2.75) is 13.5 Å². The highest BCUT2D eigenvalue weighted by atomic mass is 79.9. The van der Waals surface area contributed by atoms with Gasteiger partial charge in [0.1, 0.15) is 0 Å². The summed E-state index contributed by atoms with van der Waals surface area (Å²) in [6.07, 6.45) is 3.41. The summed E-state index contributed by atoms with van der Waals surface area (Å²) in [7, 11) is 0. The van der Waals surface area contributed by atoms with Gasteiger partial charge in [-0.05, 0) is 30.1 Å². The SMILES string of the molecule is Cc1cccc(-c2cc[n+](CC(=O)c3ccc([N+](=O)[O-])cc3)cn2)c1.[Br-]. The smallest absolute Gasteiger partial charge is 0.287 e. The Balaban J connectivity index is 0.00000243. The first-order valence-electron chi connectivity index (χ1n) is 7.73. The third kappa shape index (κ3) is 4.58. The molecule has 3 aromatic rings. The van der Waals surface area contributed by atoms with Crippen LogP contribution in [0, 0.1) is 17.0 Å². The quantitative estimate of drug-likeness (QED) is 0.258. The number of nitro groups is 1. The average molecular weight is 414 g/mol. The number of carbonyl (C=O) groups is 1. The normalized spacial score (nSPS) is 10.0. The number of Topliss-reactive ketones (excluding diaryl/α,β-unsaturated/α-hetero) is 1. The average Bonchev–Trinajstić information content (AvgIpc) is 2.62. The lowest BCUT2D eigenvalue weighted by atomic mass is 10.1. The molecular weight excluding hydrogens is 398 g/mol. The van der Waals surface area contributed by atoms with Crippen molar-refractivity contribution < 1.29 is 31.3 Å². The van der Waals surface area contributed by atoms with Crippen molar-refractivity contribution in [2.75, 3.05) is 0 Å². The monoisotopic (exact) mass is 413 g/mol. The summed E-state index contributed by atoms with van der Waals surface area (Å²) in [5.41, 5.74) is 3.41. The van der Waals surface area contributed by atoms with E-state index in [-0.39, 0.29) is 35.0 Å². The number of halogens is 1. The van der Waals surface area contributed by atoms with E-state index >= 15 is 0 Å². The van der Waals surface area contributed by atoms with Crippen molar-refractivity contribution >= 4 is 11.5 Å². The van der Waals surface area contributed by atoms with Gasteiger partial charge in [0.2, 0.25) is 5.78 Å². The lowest BCUT2D eigenvalue weighted by Gasteiger charge is -2.01. The Morgan fingerprint density at radius 2 is 1.88 bits per heavy atom. The van der Waals surface area contributed by atoms with E-state index in [0.29, 0.717) is 5.56 Å². The highest BCUT2D eigenvalue weighted by Crippen LogP contribution is 2.16. The molecule has 6 nitrogen and oxygen atoms in total. The Morgan fingerprint density at radius 3 is 2.46 bits per heavy atom. The third-order valence-corrected chi connectivity index (χ3v) is 3.81. The Morgan fingerprint density at radius 1 is 1.15 bits per heavy atom. The van der Waals surface area contributed by atoms with Gasteiger partial charge in [-0.25, -0.2) is 4.57 Å². The van der Waals surface area contributed by atoms with Gasteiger partial charge in [0.05, 0.1) is 11.1 Å². The highest BCUT2D eigenvalue weighted by Gasteiger charge is 2.13. The molecule has 0 aliphatic carbocycles. The van der Waals surface area contributed by atoms with Crippen molar-refractivity contribution in [3.63, 3.8) is 0 Å². The first-order chi connectivity index (χ1) is 12.0. The Bertz CT molecular complexity index is 926. The molecule has 1 heterocycles. The number of hydrogen-bond acceptors (Lipinski definition) is 4. The third-order valence-electron chi connectivity index (χ3n) is 3.81. The van der Waals surface area contributed by atoms with E-state index in [2.05, 4.69) is 11.1 Å². The second-order valence-electron chi connectivity index (χ2n) is 5.71. The lowest BCUT2D eigenvalue weighted by Crippen LogP contribution is -3.00. The maximum atomic E-state index is 12.3. The van der Waals surface area contributed by atoms with E-state index in [4.69, 9.17) is 0 Å². The van der Waals surface area contributed by atoms with Crippen molar-refractivity contribution in [3.05, 3.63) is 88.4 Å². The largest absolute Gasteiger partial charge is 1.00 e. The van der Waals surface area contributed by atoms with Crippen LogP contribution in [0.5, 0.6) is 0 Å². The van der Waals surface area contributed by atoms with Crippen molar-refractivity contribution in [1.29, 1.82) is 0 Å². The van der Waals surface area contributed by atoms with Gasteiger partial charge < -0.3 is 17.0 Å². The summed E-state index contributed by atoms with van der Waals surface area (Å²) in [6.45, 7) is 2.15. The molecule has 26 heavy (non-hydrogen) atoms. The molecule has 0 N–H and O–H groups in total. The molecule has 0 aliphatic heterocycles. The number of carbonyl (C=O) groups excluding carboxylic acids is 1. The maximum absolute atomic E-state index is 12.3. The minimum absolute atomic E-state index is 0. The molecule has 0 unspecified atom stereocenters. The van der Waals surface area contributed by atoms with Crippen LogP contribution in [-0.4, -0.2) is 15.7 Å². The molecule has 0 aliphatic rings. The molecule has 0 saturated heterocycles. The number of nitro benzene ring substituents is 1. The number of aryl methyl sites for hydroxylation is 1. The van der Waals surface area contributed by atoms with Crippen LogP contribution in [0.25, 0.3) is 11.3 Å². The Hall–Kier alpha value is -2.93. The standard InChI is InChI=1S/C19H16N3O3.BrH/c1-14-3-2-4-16(11-14)18-9-10-21(13-20-18)12-19(23)15-5-7-17(8-6-15)22(24)25;/h2-11,13H,12H2,1H3;1H/q+1;/p-1. The number of rotatable bonds is 5. The zero-order valence-corrected chi connectivity index (χ0v) is 15.6. The predicted octanol–water partition coefficient (Wildman–Crippen LogP) is 0.140. The summed E-state index contributed by atoms with van der Waals surface area (Å²) in [5, 5.41) is 10.7. The number of benzene rings is 2. The van der Waals surface area contributed by atoms with Crippen molar-refractivity contribution in [3.8, 4) is 11.3 Å². The first-order valence-corrected chi connectivity index (χ1v) is 7.73. The molecule has 0 amide bonds.